The number of hydrogen-bond donors (Lipinski definition) is 0. The van der Waals surface area contributed by atoms with Gasteiger partial charge in [0.2, 0.25) is 0 Å². The van der Waals surface area contributed by atoms with Crippen molar-refractivity contribution in [2.24, 2.45) is 0 Å². The van der Waals surface area contributed by atoms with Crippen molar-refractivity contribution in [3.63, 3.8) is 0 Å². The number of alkyl halides is 1. The van der Waals surface area contributed by atoms with Crippen molar-refractivity contribution in [1.29, 1.82) is 0 Å². The van der Waals surface area contributed by atoms with Gasteiger partial charge in [0.05, 0.1) is 4.83 Å². The second-order valence-corrected chi connectivity index (χ2v) is 9.86. The highest BCUT2D eigenvalue weighted by atomic mass is 79.9. The van der Waals surface area contributed by atoms with Crippen LogP contribution in [0.4, 0.5) is 0 Å². The van der Waals surface area contributed by atoms with E-state index in [-0.39, 0.29) is 4.83 Å². The lowest BCUT2D eigenvalue weighted by Crippen LogP contribution is -2.27. The van der Waals surface area contributed by atoms with Gasteiger partial charge in [0.1, 0.15) is 0 Å². The van der Waals surface area contributed by atoms with Crippen molar-refractivity contribution in [3.8, 4) is 0 Å². The average Bonchev–Trinajstić information content (AvgIpc) is 2.86. The van der Waals surface area contributed by atoms with E-state index in [1.807, 2.05) is 12.2 Å². The van der Waals surface area contributed by atoms with E-state index in [1.54, 1.807) is 0 Å². The van der Waals surface area contributed by atoms with Crippen LogP contribution in [0.15, 0.2) is 41.5 Å². The molecule has 1 aromatic carbocycles. The summed E-state index contributed by atoms with van der Waals surface area (Å²) in [6.45, 7) is 6.62. The van der Waals surface area contributed by atoms with E-state index in [0.29, 0.717) is 5.57 Å². The zero-order valence-corrected chi connectivity index (χ0v) is 16.1. The lowest BCUT2D eigenvalue weighted by molar-refractivity contribution is -0.114. The standard InChI is InChI=1S/C19H19BrNOSi/c1-11-9-12-5-4-6-13(15(12)10-11)17-14(19(21)22)7-8-16(20)18(17)23(2)3/h4-8,10,16,21H,9H2,1-3H3. The topological polar surface area (TPSA) is 40.9 Å². The Balaban J connectivity index is 2.35. The first-order valence-corrected chi connectivity index (χ1v) is 11.1. The van der Waals surface area contributed by atoms with Crippen LogP contribution in [-0.2, 0) is 11.2 Å². The van der Waals surface area contributed by atoms with Gasteiger partial charge in [-0.15, -0.1) is 0 Å². The van der Waals surface area contributed by atoms with Crippen LogP contribution in [0.5, 0.6) is 0 Å². The summed E-state index contributed by atoms with van der Waals surface area (Å²) in [5, 5.41) is 1.28. The van der Waals surface area contributed by atoms with Gasteiger partial charge in [-0.3, -0.25) is 10.5 Å². The molecular weight excluding hydrogens is 366 g/mol. The molecule has 1 radical (unpaired) electrons. The zero-order chi connectivity index (χ0) is 16.7. The van der Waals surface area contributed by atoms with Crippen molar-refractivity contribution >= 4 is 47.1 Å². The molecule has 1 N–H and O–H groups in total. The minimum Gasteiger partial charge on any atom is -0.267 e. The van der Waals surface area contributed by atoms with Gasteiger partial charge in [-0.2, -0.15) is 0 Å². The van der Waals surface area contributed by atoms with Gasteiger partial charge in [0.15, 0.2) is 0 Å². The Morgan fingerprint density at radius 1 is 1.35 bits per heavy atom. The van der Waals surface area contributed by atoms with E-state index in [2.05, 4.69) is 60.2 Å². The quantitative estimate of drug-likeness (QED) is 0.559. The van der Waals surface area contributed by atoms with Crippen LogP contribution in [0.2, 0.25) is 13.1 Å². The molecule has 0 aliphatic heterocycles. The Hall–Kier alpha value is -1.52. The molecule has 0 fully saturated rings. The molecule has 0 saturated heterocycles. The van der Waals surface area contributed by atoms with E-state index < -0.39 is 14.3 Å². The van der Waals surface area contributed by atoms with E-state index >= 15 is 0 Å². The molecule has 2 aliphatic rings. The van der Waals surface area contributed by atoms with Crippen molar-refractivity contribution in [2.45, 2.75) is 31.3 Å². The van der Waals surface area contributed by atoms with E-state index in [0.717, 1.165) is 17.6 Å². The van der Waals surface area contributed by atoms with Gasteiger partial charge < -0.3 is 0 Å². The van der Waals surface area contributed by atoms with Crippen LogP contribution in [0.25, 0.3) is 11.6 Å². The minimum atomic E-state index is -0.770. The molecule has 1 atom stereocenters. The second kappa shape index (κ2) is 6.17. The first-order valence-electron chi connectivity index (χ1n) is 7.69. The van der Waals surface area contributed by atoms with Crippen LogP contribution in [0.1, 0.15) is 23.6 Å². The first-order chi connectivity index (χ1) is 10.9. The number of hydrogen-bond acceptors (Lipinski definition) is 1. The van der Waals surface area contributed by atoms with Gasteiger partial charge in [-0.1, -0.05) is 71.0 Å². The van der Waals surface area contributed by atoms with E-state index in [1.165, 1.54) is 21.9 Å². The number of carbonyl (C=O) groups excluding carboxylic acids is 1. The Morgan fingerprint density at radius 3 is 2.74 bits per heavy atom. The van der Waals surface area contributed by atoms with Crippen molar-refractivity contribution in [1.82, 2.24) is 5.73 Å². The van der Waals surface area contributed by atoms with Gasteiger partial charge >= 0.3 is 0 Å². The zero-order valence-electron chi connectivity index (χ0n) is 13.5. The fourth-order valence-electron chi connectivity index (χ4n) is 3.40. The largest absolute Gasteiger partial charge is 0.270 e. The number of benzene rings is 1. The molecule has 4 heteroatoms. The Morgan fingerprint density at radius 2 is 2.09 bits per heavy atom. The summed E-state index contributed by atoms with van der Waals surface area (Å²) in [6.07, 6.45) is 6.99. The lowest BCUT2D eigenvalue weighted by Gasteiger charge is -2.25. The SMILES string of the molecule is CC1=Cc2c(cccc2C2=C(C([NH])=O)C=CC(Br)C2=[Si](C)C)C1. The van der Waals surface area contributed by atoms with Crippen LogP contribution >= 0.6 is 15.9 Å². The van der Waals surface area contributed by atoms with Gasteiger partial charge in [-0.05, 0) is 40.8 Å². The van der Waals surface area contributed by atoms with Crippen molar-refractivity contribution in [2.75, 3.05) is 0 Å². The Kier molecular flexibility index (Phi) is 4.38. The summed E-state index contributed by atoms with van der Waals surface area (Å²) in [7, 11) is -0.770. The molecule has 23 heavy (non-hydrogen) atoms. The molecule has 0 saturated carbocycles. The highest BCUT2D eigenvalue weighted by Crippen LogP contribution is 2.36. The van der Waals surface area contributed by atoms with Crippen LogP contribution in [-0.4, -0.2) is 24.3 Å². The summed E-state index contributed by atoms with van der Waals surface area (Å²) < 4.78 is 0. The van der Waals surface area contributed by atoms with Crippen molar-refractivity contribution < 1.29 is 4.79 Å². The Labute approximate surface area is 147 Å². The molecule has 1 aromatic rings. The summed E-state index contributed by atoms with van der Waals surface area (Å²) in [5.41, 5.74) is 14.2. The molecule has 3 rings (SSSR count). The second-order valence-electron chi connectivity index (χ2n) is 6.34. The number of nitrogens with one attached hydrogen (secondary N) is 1. The average molecular weight is 385 g/mol. The highest BCUT2D eigenvalue weighted by Gasteiger charge is 2.27. The molecule has 0 heterocycles. The smallest absolute Gasteiger partial charge is 0.267 e. The number of halogens is 1. The predicted octanol–water partition coefficient (Wildman–Crippen LogP) is 4.05. The normalized spacial score (nSPS) is 19.7. The molecular formula is C19H19BrNOSi. The van der Waals surface area contributed by atoms with E-state index in [9.17, 15) is 4.79 Å². The summed E-state index contributed by atoms with van der Waals surface area (Å²) in [4.78, 5) is 12.1. The molecule has 1 amide bonds. The summed E-state index contributed by atoms with van der Waals surface area (Å²) >= 11 is 3.74. The third-order valence-electron chi connectivity index (χ3n) is 4.36. The monoisotopic (exact) mass is 384 g/mol. The van der Waals surface area contributed by atoms with Crippen LogP contribution in [0, 0.1) is 0 Å². The Bertz CT molecular complexity index is 826. The van der Waals surface area contributed by atoms with E-state index in [4.69, 9.17) is 5.73 Å². The summed E-state index contributed by atoms with van der Waals surface area (Å²) in [6, 6.07) is 6.31. The molecule has 117 valence electrons. The van der Waals surface area contributed by atoms with Crippen molar-refractivity contribution in [3.05, 3.63) is 58.2 Å². The fraction of sp³-hybridized carbons (Fsp3) is 0.263. The van der Waals surface area contributed by atoms with Crippen LogP contribution < -0.4 is 5.73 Å². The van der Waals surface area contributed by atoms with Gasteiger partial charge in [0.25, 0.3) is 5.91 Å². The number of amides is 1. The van der Waals surface area contributed by atoms with Crippen LogP contribution in [0.3, 0.4) is 0 Å². The number of rotatable bonds is 2. The minimum absolute atomic E-state index is 0.145. The molecule has 0 aromatic heterocycles. The molecule has 1 unspecified atom stereocenters. The van der Waals surface area contributed by atoms with Gasteiger partial charge in [0, 0.05) is 14.0 Å². The highest BCUT2D eigenvalue weighted by molar-refractivity contribution is 9.10. The third kappa shape index (κ3) is 2.86. The maximum Gasteiger partial charge on any atom is 0.270 e. The molecule has 2 aliphatic carbocycles. The molecule has 2 nitrogen and oxygen atoms in total. The number of fused-ring (bicyclic) bond motifs is 1. The molecule has 0 spiro atoms. The maximum atomic E-state index is 11.9. The summed E-state index contributed by atoms with van der Waals surface area (Å²) in [5.74, 6) is -0.604. The third-order valence-corrected chi connectivity index (χ3v) is 7.18. The number of allylic oxidation sites excluding steroid dienone is 3. The molecule has 0 bridgehead atoms. The number of carbonyl (C=O) groups is 1. The van der Waals surface area contributed by atoms with Gasteiger partial charge in [-0.25, -0.2) is 0 Å². The lowest BCUT2D eigenvalue weighted by atomic mass is 9.87. The fourth-order valence-corrected chi connectivity index (χ4v) is 6.57. The first kappa shape index (κ1) is 16.3. The maximum absolute atomic E-state index is 11.9. The predicted molar refractivity (Wildman–Crippen MR) is 103 cm³/mol.